The summed E-state index contributed by atoms with van der Waals surface area (Å²) in [6, 6.07) is 9.05. The first kappa shape index (κ1) is 16.6. The number of rotatable bonds is 4. The largest absolute Gasteiger partial charge is 0.330 e. The van der Waals surface area contributed by atoms with Crippen LogP contribution in [0.3, 0.4) is 0 Å². The summed E-state index contributed by atoms with van der Waals surface area (Å²) < 4.78 is 39.8. The van der Waals surface area contributed by atoms with Crippen LogP contribution in [0.4, 0.5) is 4.39 Å². The summed E-state index contributed by atoms with van der Waals surface area (Å²) in [4.78, 5) is 1.36. The lowest BCUT2D eigenvalue weighted by atomic mass is 9.78. The molecule has 1 aliphatic rings. The van der Waals surface area contributed by atoms with Crippen molar-refractivity contribution in [3.05, 3.63) is 52.5 Å². The number of nitrogens with two attached hydrogens (primary N) is 1. The van der Waals surface area contributed by atoms with Crippen LogP contribution >= 0.6 is 11.3 Å². The molecule has 1 aliphatic heterocycles. The fourth-order valence-corrected chi connectivity index (χ4v) is 5.48. The Morgan fingerprint density at radius 1 is 1.17 bits per heavy atom. The van der Waals surface area contributed by atoms with E-state index in [1.54, 1.807) is 11.3 Å². The van der Waals surface area contributed by atoms with Crippen LogP contribution in [0.5, 0.6) is 0 Å². The molecule has 23 heavy (non-hydrogen) atoms. The molecule has 1 saturated heterocycles. The Labute approximate surface area is 139 Å². The van der Waals surface area contributed by atoms with Gasteiger partial charge < -0.3 is 5.73 Å². The van der Waals surface area contributed by atoms with Crippen molar-refractivity contribution in [3.8, 4) is 0 Å². The fourth-order valence-electron chi connectivity index (χ4n) is 3.04. The predicted octanol–water partition coefficient (Wildman–Crippen LogP) is 2.57. The van der Waals surface area contributed by atoms with Gasteiger partial charge in [0.15, 0.2) is 0 Å². The SMILES string of the molecule is NCC1(c2cccs2)CCN(S(=O)(=O)c2ccc(F)cc2)CC1. The molecule has 124 valence electrons. The van der Waals surface area contributed by atoms with Crippen molar-refractivity contribution >= 4 is 21.4 Å². The van der Waals surface area contributed by atoms with E-state index in [-0.39, 0.29) is 10.3 Å². The maximum atomic E-state index is 13.0. The topological polar surface area (TPSA) is 63.4 Å². The zero-order chi connectivity index (χ0) is 16.5. The zero-order valence-corrected chi connectivity index (χ0v) is 14.2. The molecule has 0 bridgehead atoms. The van der Waals surface area contributed by atoms with Crippen LogP contribution in [-0.2, 0) is 15.4 Å². The second-order valence-corrected chi connectivity index (χ2v) is 8.71. The molecule has 0 amide bonds. The first-order valence-electron chi connectivity index (χ1n) is 7.48. The molecule has 0 atom stereocenters. The molecular weight excluding hydrogens is 335 g/mol. The summed E-state index contributed by atoms with van der Waals surface area (Å²) in [6.07, 6.45) is 1.40. The lowest BCUT2D eigenvalue weighted by molar-refractivity contribution is 0.241. The number of thiophene rings is 1. The van der Waals surface area contributed by atoms with E-state index in [9.17, 15) is 12.8 Å². The Morgan fingerprint density at radius 3 is 2.35 bits per heavy atom. The molecule has 3 rings (SSSR count). The van der Waals surface area contributed by atoms with Gasteiger partial charge in [0.1, 0.15) is 5.82 Å². The summed E-state index contributed by atoms with van der Waals surface area (Å²) in [5.74, 6) is -0.442. The monoisotopic (exact) mass is 354 g/mol. The van der Waals surface area contributed by atoms with Gasteiger partial charge in [0.05, 0.1) is 4.90 Å². The number of halogens is 1. The van der Waals surface area contributed by atoms with E-state index < -0.39 is 15.8 Å². The van der Waals surface area contributed by atoms with Gasteiger partial charge in [0.25, 0.3) is 0 Å². The molecule has 2 aromatic rings. The highest BCUT2D eigenvalue weighted by Gasteiger charge is 2.39. The van der Waals surface area contributed by atoms with E-state index >= 15 is 0 Å². The predicted molar refractivity (Wildman–Crippen MR) is 89.4 cm³/mol. The number of sulfonamides is 1. The van der Waals surface area contributed by atoms with E-state index in [0.717, 1.165) is 0 Å². The molecule has 0 unspecified atom stereocenters. The summed E-state index contributed by atoms with van der Waals surface area (Å²) in [7, 11) is -3.58. The van der Waals surface area contributed by atoms with Gasteiger partial charge in [-0.1, -0.05) is 6.07 Å². The fraction of sp³-hybridized carbons (Fsp3) is 0.375. The van der Waals surface area contributed by atoms with Crippen LogP contribution in [0.25, 0.3) is 0 Å². The van der Waals surface area contributed by atoms with Crippen molar-refractivity contribution in [2.75, 3.05) is 19.6 Å². The van der Waals surface area contributed by atoms with Crippen LogP contribution in [0.15, 0.2) is 46.7 Å². The van der Waals surface area contributed by atoms with Crippen LogP contribution < -0.4 is 5.73 Å². The minimum Gasteiger partial charge on any atom is -0.330 e. The van der Waals surface area contributed by atoms with Gasteiger partial charge in [-0.3, -0.25) is 0 Å². The van der Waals surface area contributed by atoms with Gasteiger partial charge in [0.2, 0.25) is 10.0 Å². The lowest BCUT2D eigenvalue weighted by Gasteiger charge is -2.40. The normalized spacial score (nSPS) is 18.9. The molecule has 2 N–H and O–H groups in total. The maximum absolute atomic E-state index is 13.0. The second kappa shape index (κ2) is 6.32. The summed E-state index contributed by atoms with van der Waals surface area (Å²) in [5, 5.41) is 2.02. The first-order chi connectivity index (χ1) is 11.0. The zero-order valence-electron chi connectivity index (χ0n) is 12.6. The van der Waals surface area contributed by atoms with E-state index in [4.69, 9.17) is 5.73 Å². The summed E-state index contributed by atoms with van der Waals surface area (Å²) in [5.41, 5.74) is 5.87. The van der Waals surface area contributed by atoms with Gasteiger partial charge in [0, 0.05) is 29.9 Å². The van der Waals surface area contributed by atoms with Crippen molar-refractivity contribution in [2.45, 2.75) is 23.2 Å². The third-order valence-corrected chi connectivity index (χ3v) is 7.59. The minimum absolute atomic E-state index is 0.135. The summed E-state index contributed by atoms with van der Waals surface area (Å²) >= 11 is 1.67. The minimum atomic E-state index is -3.58. The van der Waals surface area contributed by atoms with Gasteiger partial charge in [-0.25, -0.2) is 12.8 Å². The highest BCUT2D eigenvalue weighted by atomic mass is 32.2. The first-order valence-corrected chi connectivity index (χ1v) is 9.80. The maximum Gasteiger partial charge on any atom is 0.243 e. The van der Waals surface area contributed by atoms with Crippen LogP contribution in [0.1, 0.15) is 17.7 Å². The van der Waals surface area contributed by atoms with Crippen molar-refractivity contribution in [3.63, 3.8) is 0 Å². The molecule has 1 aromatic carbocycles. The standard InChI is InChI=1S/C16H19FN2O2S2/c17-13-3-5-14(6-4-13)23(20,21)19-9-7-16(12-18,8-10-19)15-2-1-11-22-15/h1-6,11H,7-10,12,18H2. The number of hydrogen-bond donors (Lipinski definition) is 1. The third-order valence-electron chi connectivity index (χ3n) is 4.57. The average molecular weight is 354 g/mol. The third kappa shape index (κ3) is 3.06. The van der Waals surface area contributed by atoms with Crippen LogP contribution in [0, 0.1) is 5.82 Å². The van der Waals surface area contributed by atoms with Crippen molar-refractivity contribution < 1.29 is 12.8 Å². The van der Waals surface area contributed by atoms with Crippen LogP contribution in [0.2, 0.25) is 0 Å². The van der Waals surface area contributed by atoms with Crippen molar-refractivity contribution in [2.24, 2.45) is 5.73 Å². The van der Waals surface area contributed by atoms with E-state index in [2.05, 4.69) is 6.07 Å². The molecule has 0 aliphatic carbocycles. The molecule has 7 heteroatoms. The summed E-state index contributed by atoms with van der Waals surface area (Å²) in [6.45, 7) is 1.36. The average Bonchev–Trinajstić information content (AvgIpc) is 3.10. The molecule has 0 saturated carbocycles. The van der Waals surface area contributed by atoms with E-state index in [0.29, 0.717) is 32.5 Å². The Bertz CT molecular complexity index is 750. The second-order valence-electron chi connectivity index (χ2n) is 5.82. The lowest BCUT2D eigenvalue weighted by Crippen LogP contribution is -2.48. The van der Waals surface area contributed by atoms with Crippen molar-refractivity contribution in [1.29, 1.82) is 0 Å². The Morgan fingerprint density at radius 2 is 1.83 bits per heavy atom. The molecule has 1 aromatic heterocycles. The number of nitrogens with zero attached hydrogens (tertiary/aromatic N) is 1. The molecule has 2 heterocycles. The smallest absolute Gasteiger partial charge is 0.243 e. The number of benzene rings is 1. The van der Waals surface area contributed by atoms with E-state index in [1.807, 2.05) is 11.4 Å². The Hall–Kier alpha value is -1.28. The van der Waals surface area contributed by atoms with Gasteiger partial charge in [-0.05, 0) is 48.6 Å². The highest BCUT2D eigenvalue weighted by Crippen LogP contribution is 2.38. The van der Waals surface area contributed by atoms with Crippen molar-refractivity contribution in [1.82, 2.24) is 4.31 Å². The molecule has 4 nitrogen and oxygen atoms in total. The van der Waals surface area contributed by atoms with Gasteiger partial charge >= 0.3 is 0 Å². The molecule has 0 radical (unpaired) electrons. The van der Waals surface area contributed by atoms with E-state index in [1.165, 1.54) is 33.4 Å². The number of piperidine rings is 1. The van der Waals surface area contributed by atoms with Gasteiger partial charge in [-0.15, -0.1) is 11.3 Å². The Kier molecular flexibility index (Phi) is 4.55. The molecule has 1 fully saturated rings. The van der Waals surface area contributed by atoms with Gasteiger partial charge in [-0.2, -0.15) is 4.31 Å². The Balaban J connectivity index is 1.79. The molecule has 0 spiro atoms. The highest BCUT2D eigenvalue weighted by molar-refractivity contribution is 7.89. The van der Waals surface area contributed by atoms with Crippen LogP contribution in [-0.4, -0.2) is 32.4 Å². The quantitative estimate of drug-likeness (QED) is 0.918. The number of hydrogen-bond acceptors (Lipinski definition) is 4. The molecular formula is C16H19FN2O2S2.